The van der Waals surface area contributed by atoms with Crippen LogP contribution in [0.2, 0.25) is 5.02 Å². The van der Waals surface area contributed by atoms with Crippen molar-refractivity contribution in [3.05, 3.63) is 64.2 Å². The molecule has 2 aromatic rings. The van der Waals surface area contributed by atoms with E-state index in [0.717, 1.165) is 61.3 Å². The molecular weight excluding hydrogens is 456 g/mol. The molecule has 2 saturated heterocycles. The number of carbonyl (C=O) groups is 1. The summed E-state index contributed by atoms with van der Waals surface area (Å²) in [5, 5.41) is 0.667. The maximum absolute atomic E-state index is 13.0. The highest BCUT2D eigenvalue weighted by atomic mass is 35.5. The van der Waals surface area contributed by atoms with Crippen molar-refractivity contribution in [2.75, 3.05) is 32.8 Å². The zero-order chi connectivity index (χ0) is 24.4. The highest BCUT2D eigenvalue weighted by Gasteiger charge is 2.32. The number of hydrogen-bond acceptors (Lipinski definition) is 3. The van der Waals surface area contributed by atoms with Gasteiger partial charge in [0, 0.05) is 29.7 Å². The molecule has 3 aliphatic rings. The van der Waals surface area contributed by atoms with Crippen molar-refractivity contribution >= 4 is 17.5 Å². The van der Waals surface area contributed by atoms with Gasteiger partial charge in [0.15, 0.2) is 0 Å². The number of amides is 1. The number of hydrogen-bond donors (Lipinski definition) is 0. The van der Waals surface area contributed by atoms with Crippen LogP contribution in [0.3, 0.4) is 0 Å². The van der Waals surface area contributed by atoms with Crippen molar-refractivity contribution < 1.29 is 9.53 Å². The first-order valence-electron chi connectivity index (χ1n) is 13.5. The van der Waals surface area contributed by atoms with E-state index < -0.39 is 0 Å². The van der Waals surface area contributed by atoms with Crippen LogP contribution in [0, 0.1) is 18.8 Å². The van der Waals surface area contributed by atoms with Crippen LogP contribution in [0.5, 0.6) is 5.75 Å². The molecule has 35 heavy (non-hydrogen) atoms. The highest BCUT2D eigenvalue weighted by Crippen LogP contribution is 2.35. The number of likely N-dealkylation sites (tertiary alicyclic amines) is 2. The summed E-state index contributed by atoms with van der Waals surface area (Å²) in [6.45, 7) is 9.21. The molecule has 0 spiro atoms. The Morgan fingerprint density at radius 1 is 0.971 bits per heavy atom. The van der Waals surface area contributed by atoms with Gasteiger partial charge in [0.25, 0.3) is 5.91 Å². The lowest BCUT2D eigenvalue weighted by Crippen LogP contribution is -2.49. The molecular formula is C30H39ClN2O2. The van der Waals surface area contributed by atoms with E-state index in [1.165, 1.54) is 44.3 Å². The van der Waals surface area contributed by atoms with Gasteiger partial charge in [-0.2, -0.15) is 0 Å². The van der Waals surface area contributed by atoms with E-state index in [-0.39, 0.29) is 5.91 Å². The van der Waals surface area contributed by atoms with E-state index in [2.05, 4.69) is 36.1 Å². The Labute approximate surface area is 215 Å². The van der Waals surface area contributed by atoms with Crippen molar-refractivity contribution in [2.45, 2.75) is 64.3 Å². The summed E-state index contributed by atoms with van der Waals surface area (Å²) >= 11 is 6.24. The average molecular weight is 495 g/mol. The van der Waals surface area contributed by atoms with Crippen LogP contribution in [0.15, 0.2) is 42.5 Å². The molecule has 0 N–H and O–H groups in total. The Bertz CT molecular complexity index is 1000. The molecule has 5 rings (SSSR count). The van der Waals surface area contributed by atoms with Crippen molar-refractivity contribution in [1.82, 2.24) is 9.80 Å². The Balaban J connectivity index is 1.08. The second kappa shape index (κ2) is 10.9. The minimum absolute atomic E-state index is 0.125. The SMILES string of the molecule is Cc1c(Cl)cccc1C(=O)N1CCC(N2CCC(C(C)c3ccc(OCC4CC4)cc3)CC2)CC1. The quantitative estimate of drug-likeness (QED) is 0.437. The molecule has 2 aromatic carbocycles. The molecule has 1 unspecified atom stereocenters. The summed E-state index contributed by atoms with van der Waals surface area (Å²) in [4.78, 5) is 17.7. The van der Waals surface area contributed by atoms with Crippen molar-refractivity contribution in [2.24, 2.45) is 11.8 Å². The first-order valence-corrected chi connectivity index (χ1v) is 13.9. The Morgan fingerprint density at radius 2 is 1.66 bits per heavy atom. The molecule has 0 bridgehead atoms. The summed E-state index contributed by atoms with van der Waals surface area (Å²) in [5.74, 6) is 3.24. The Hall–Kier alpha value is -2.04. The molecule has 1 aliphatic carbocycles. The third kappa shape index (κ3) is 5.86. The van der Waals surface area contributed by atoms with E-state index >= 15 is 0 Å². The molecule has 0 aromatic heterocycles. The van der Waals surface area contributed by atoms with Crippen LogP contribution in [-0.2, 0) is 0 Å². The lowest BCUT2D eigenvalue weighted by molar-refractivity contribution is 0.0539. The number of rotatable bonds is 7. The van der Waals surface area contributed by atoms with Gasteiger partial charge < -0.3 is 14.5 Å². The van der Waals surface area contributed by atoms with E-state index in [9.17, 15) is 4.79 Å². The van der Waals surface area contributed by atoms with Crippen LogP contribution in [0.25, 0.3) is 0 Å². The molecule has 3 fully saturated rings. The predicted molar refractivity (Wildman–Crippen MR) is 142 cm³/mol. The molecule has 4 nitrogen and oxygen atoms in total. The van der Waals surface area contributed by atoms with Gasteiger partial charge in [-0.25, -0.2) is 0 Å². The molecule has 0 radical (unpaired) electrons. The predicted octanol–water partition coefficient (Wildman–Crippen LogP) is 6.56. The van der Waals surface area contributed by atoms with Crippen LogP contribution in [0.4, 0.5) is 0 Å². The highest BCUT2D eigenvalue weighted by molar-refractivity contribution is 6.31. The maximum atomic E-state index is 13.0. The van der Waals surface area contributed by atoms with Crippen LogP contribution >= 0.6 is 11.6 Å². The fourth-order valence-corrected chi connectivity index (χ4v) is 6.04. The largest absolute Gasteiger partial charge is 0.493 e. The van der Waals surface area contributed by atoms with Gasteiger partial charge in [0.05, 0.1) is 6.61 Å². The average Bonchev–Trinajstić information content (AvgIpc) is 3.73. The lowest BCUT2D eigenvalue weighted by Gasteiger charge is -2.43. The van der Waals surface area contributed by atoms with Gasteiger partial charge in [-0.05, 0) is 112 Å². The second-order valence-electron chi connectivity index (χ2n) is 10.9. The third-order valence-electron chi connectivity index (χ3n) is 8.64. The van der Waals surface area contributed by atoms with Gasteiger partial charge in [-0.15, -0.1) is 0 Å². The zero-order valence-electron chi connectivity index (χ0n) is 21.2. The Kier molecular flexibility index (Phi) is 7.69. The van der Waals surface area contributed by atoms with E-state index in [1.54, 1.807) is 0 Å². The monoisotopic (exact) mass is 494 g/mol. The number of piperidine rings is 2. The standard InChI is InChI=1S/C30H39ClN2O2/c1-21(24-8-10-27(11-9-24)35-20-23-6-7-23)25-12-16-32(17-13-25)26-14-18-33(19-15-26)30(34)28-4-3-5-29(31)22(28)2/h3-5,8-11,21,23,25-26H,6-7,12-20H2,1-2H3. The van der Waals surface area contributed by atoms with Gasteiger partial charge in [0.1, 0.15) is 5.75 Å². The van der Waals surface area contributed by atoms with Gasteiger partial charge in [-0.1, -0.05) is 36.7 Å². The number of ether oxygens (including phenoxy) is 1. The zero-order valence-corrected chi connectivity index (χ0v) is 22.0. The fourth-order valence-electron chi connectivity index (χ4n) is 5.87. The van der Waals surface area contributed by atoms with E-state index in [1.807, 2.05) is 30.0 Å². The summed E-state index contributed by atoms with van der Waals surface area (Å²) in [5.41, 5.74) is 3.07. The number of nitrogens with zero attached hydrogens (tertiary/aromatic N) is 2. The normalized spacial score (nSPS) is 21.2. The van der Waals surface area contributed by atoms with Crippen LogP contribution in [0.1, 0.15) is 72.9 Å². The number of carbonyl (C=O) groups excluding carboxylic acids is 1. The minimum atomic E-state index is 0.125. The molecule has 2 heterocycles. The van der Waals surface area contributed by atoms with Crippen molar-refractivity contribution in [1.29, 1.82) is 0 Å². The third-order valence-corrected chi connectivity index (χ3v) is 9.05. The molecule has 1 atom stereocenters. The maximum Gasteiger partial charge on any atom is 0.254 e. The summed E-state index contributed by atoms with van der Waals surface area (Å²) < 4.78 is 5.91. The molecule has 1 saturated carbocycles. The number of halogens is 1. The van der Waals surface area contributed by atoms with Gasteiger partial charge in [-0.3, -0.25) is 4.79 Å². The molecule has 2 aliphatic heterocycles. The minimum Gasteiger partial charge on any atom is -0.493 e. The molecule has 188 valence electrons. The first kappa shape index (κ1) is 24.6. The molecule has 1 amide bonds. The summed E-state index contributed by atoms with van der Waals surface area (Å²) in [6.07, 6.45) is 7.28. The van der Waals surface area contributed by atoms with Gasteiger partial charge in [0.2, 0.25) is 0 Å². The van der Waals surface area contributed by atoms with Crippen molar-refractivity contribution in [3.8, 4) is 5.75 Å². The van der Waals surface area contributed by atoms with Crippen LogP contribution < -0.4 is 4.74 Å². The number of benzene rings is 2. The topological polar surface area (TPSA) is 32.8 Å². The van der Waals surface area contributed by atoms with Crippen LogP contribution in [-0.4, -0.2) is 54.5 Å². The Morgan fingerprint density at radius 3 is 2.31 bits per heavy atom. The second-order valence-corrected chi connectivity index (χ2v) is 11.3. The first-order chi connectivity index (χ1) is 17.0. The van der Waals surface area contributed by atoms with E-state index in [0.29, 0.717) is 17.0 Å². The summed E-state index contributed by atoms with van der Waals surface area (Å²) in [7, 11) is 0. The van der Waals surface area contributed by atoms with E-state index in [4.69, 9.17) is 16.3 Å². The lowest BCUT2D eigenvalue weighted by atomic mass is 9.80. The fraction of sp³-hybridized carbons (Fsp3) is 0.567. The smallest absolute Gasteiger partial charge is 0.254 e. The summed E-state index contributed by atoms with van der Waals surface area (Å²) in [6, 6.07) is 15.1. The van der Waals surface area contributed by atoms with Crippen molar-refractivity contribution in [3.63, 3.8) is 0 Å². The van der Waals surface area contributed by atoms with Gasteiger partial charge >= 0.3 is 0 Å². The molecule has 5 heteroatoms.